The molecule has 2 unspecified atom stereocenters. The van der Waals surface area contributed by atoms with Crippen molar-refractivity contribution in [3.8, 4) is 0 Å². The summed E-state index contributed by atoms with van der Waals surface area (Å²) in [6.07, 6.45) is 0. The summed E-state index contributed by atoms with van der Waals surface area (Å²) in [5.74, 6) is 0.976. The van der Waals surface area contributed by atoms with E-state index in [4.69, 9.17) is 4.52 Å². The van der Waals surface area contributed by atoms with Crippen LogP contribution in [-0.4, -0.2) is 24.5 Å². The zero-order chi connectivity index (χ0) is 8.32. The Bertz CT molecular complexity index is 160. The van der Waals surface area contributed by atoms with Gasteiger partial charge in [0.2, 0.25) is 5.06 Å². The SMILES string of the molecule is CO[P+](=O)OC1(C)NCCS1. The second-order valence-electron chi connectivity index (χ2n) is 2.22. The van der Waals surface area contributed by atoms with E-state index < -0.39 is 13.3 Å². The first kappa shape index (κ1) is 9.42. The second kappa shape index (κ2) is 3.83. The molecular formula is C5H11NO3PS+. The fourth-order valence-electron chi connectivity index (χ4n) is 0.813. The van der Waals surface area contributed by atoms with Gasteiger partial charge in [0, 0.05) is 16.9 Å². The fraction of sp³-hybridized carbons (Fsp3) is 1.00. The van der Waals surface area contributed by atoms with Crippen LogP contribution in [-0.2, 0) is 13.6 Å². The molecule has 64 valence electrons. The summed E-state index contributed by atoms with van der Waals surface area (Å²) >= 11 is 1.59. The highest BCUT2D eigenvalue weighted by Gasteiger charge is 2.40. The summed E-state index contributed by atoms with van der Waals surface area (Å²) < 4.78 is 20.4. The van der Waals surface area contributed by atoms with Crippen molar-refractivity contribution in [1.29, 1.82) is 0 Å². The van der Waals surface area contributed by atoms with Crippen LogP contribution in [0, 0.1) is 0 Å². The van der Waals surface area contributed by atoms with Crippen LogP contribution < -0.4 is 5.32 Å². The molecule has 1 heterocycles. The van der Waals surface area contributed by atoms with Gasteiger partial charge in [0.15, 0.2) is 0 Å². The molecule has 0 aliphatic carbocycles. The van der Waals surface area contributed by atoms with Crippen LogP contribution >= 0.6 is 20.0 Å². The van der Waals surface area contributed by atoms with Crippen LogP contribution in [0.15, 0.2) is 0 Å². The summed E-state index contributed by atoms with van der Waals surface area (Å²) in [5.41, 5.74) is 0. The molecule has 1 aliphatic rings. The third-order valence-corrected chi connectivity index (χ3v) is 3.45. The molecule has 0 aromatic rings. The molecular weight excluding hydrogens is 185 g/mol. The highest BCUT2D eigenvalue weighted by Crippen LogP contribution is 2.37. The highest BCUT2D eigenvalue weighted by molar-refractivity contribution is 8.00. The largest absolute Gasteiger partial charge is 0.699 e. The van der Waals surface area contributed by atoms with Gasteiger partial charge >= 0.3 is 8.25 Å². The Labute approximate surface area is 71.0 Å². The molecule has 4 nitrogen and oxygen atoms in total. The monoisotopic (exact) mass is 196 g/mol. The van der Waals surface area contributed by atoms with Crippen molar-refractivity contribution in [1.82, 2.24) is 5.32 Å². The smallest absolute Gasteiger partial charge is 0.276 e. The van der Waals surface area contributed by atoms with E-state index in [1.54, 1.807) is 11.8 Å². The molecule has 0 spiro atoms. The number of hydrogen-bond acceptors (Lipinski definition) is 5. The molecule has 0 radical (unpaired) electrons. The van der Waals surface area contributed by atoms with Gasteiger partial charge in [-0.1, -0.05) is 4.52 Å². The Kier molecular flexibility index (Phi) is 3.28. The van der Waals surface area contributed by atoms with Crippen LogP contribution in [0.1, 0.15) is 6.92 Å². The Hall–Kier alpha value is 0.330. The van der Waals surface area contributed by atoms with Gasteiger partial charge in [-0.15, -0.1) is 16.3 Å². The molecule has 0 amide bonds. The van der Waals surface area contributed by atoms with Crippen LogP contribution in [0.25, 0.3) is 0 Å². The van der Waals surface area contributed by atoms with E-state index in [0.717, 1.165) is 12.3 Å². The van der Waals surface area contributed by atoms with Crippen molar-refractivity contribution < 1.29 is 13.6 Å². The lowest BCUT2D eigenvalue weighted by Crippen LogP contribution is -2.34. The van der Waals surface area contributed by atoms with Crippen LogP contribution in [0.4, 0.5) is 0 Å². The van der Waals surface area contributed by atoms with Crippen molar-refractivity contribution in [2.24, 2.45) is 0 Å². The van der Waals surface area contributed by atoms with E-state index in [2.05, 4.69) is 9.84 Å². The van der Waals surface area contributed by atoms with E-state index in [-0.39, 0.29) is 0 Å². The van der Waals surface area contributed by atoms with Crippen molar-refractivity contribution in [2.75, 3.05) is 19.4 Å². The lowest BCUT2D eigenvalue weighted by molar-refractivity contribution is 0.140. The summed E-state index contributed by atoms with van der Waals surface area (Å²) in [6.45, 7) is 2.73. The molecule has 0 bridgehead atoms. The zero-order valence-electron chi connectivity index (χ0n) is 6.49. The average Bonchev–Trinajstić information content (AvgIpc) is 2.36. The molecule has 1 fully saturated rings. The Balaban J connectivity index is 2.39. The minimum atomic E-state index is -1.97. The number of thioether (sulfide) groups is 1. The highest BCUT2D eigenvalue weighted by atomic mass is 32.2. The molecule has 1 aliphatic heterocycles. The first-order valence-electron chi connectivity index (χ1n) is 3.26. The normalized spacial score (nSPS) is 32.4. The third-order valence-electron chi connectivity index (χ3n) is 1.32. The van der Waals surface area contributed by atoms with Gasteiger partial charge < -0.3 is 0 Å². The molecule has 2 atom stereocenters. The maximum absolute atomic E-state index is 10.8. The van der Waals surface area contributed by atoms with Gasteiger partial charge in [0.25, 0.3) is 0 Å². The van der Waals surface area contributed by atoms with Gasteiger partial charge in [-0.05, 0) is 6.92 Å². The minimum absolute atomic E-state index is 0.524. The molecule has 0 saturated carbocycles. The van der Waals surface area contributed by atoms with Crippen molar-refractivity contribution >= 4 is 20.0 Å². The fourth-order valence-corrected chi connectivity index (χ4v) is 2.43. The topological polar surface area (TPSA) is 47.6 Å². The lowest BCUT2D eigenvalue weighted by Gasteiger charge is -2.13. The second-order valence-corrected chi connectivity index (χ2v) is 4.69. The van der Waals surface area contributed by atoms with E-state index >= 15 is 0 Å². The molecule has 11 heavy (non-hydrogen) atoms. The number of rotatable bonds is 3. The molecule has 1 saturated heterocycles. The molecule has 1 rings (SSSR count). The predicted octanol–water partition coefficient (Wildman–Crippen LogP) is 1.32. The first-order valence-corrected chi connectivity index (χ1v) is 5.34. The van der Waals surface area contributed by atoms with E-state index in [1.807, 2.05) is 6.92 Å². The maximum atomic E-state index is 10.8. The van der Waals surface area contributed by atoms with Gasteiger partial charge in [-0.2, -0.15) is 0 Å². The summed E-state index contributed by atoms with van der Waals surface area (Å²) in [6, 6.07) is 0. The van der Waals surface area contributed by atoms with Gasteiger partial charge in [0.05, 0.1) is 7.11 Å². The molecule has 1 N–H and O–H groups in total. The van der Waals surface area contributed by atoms with Gasteiger partial charge in [0.1, 0.15) is 0 Å². The molecule has 0 aromatic heterocycles. The van der Waals surface area contributed by atoms with Crippen LogP contribution in [0.5, 0.6) is 0 Å². The molecule has 0 aromatic carbocycles. The van der Waals surface area contributed by atoms with Gasteiger partial charge in [-0.3, -0.25) is 5.32 Å². The van der Waals surface area contributed by atoms with E-state index in [1.165, 1.54) is 7.11 Å². The Morgan fingerprint density at radius 2 is 2.45 bits per heavy atom. The number of nitrogens with one attached hydrogen (secondary N) is 1. The van der Waals surface area contributed by atoms with Crippen molar-refractivity contribution in [3.05, 3.63) is 0 Å². The van der Waals surface area contributed by atoms with Crippen LogP contribution in [0.2, 0.25) is 0 Å². The summed E-state index contributed by atoms with van der Waals surface area (Å²) in [7, 11) is -0.609. The zero-order valence-corrected chi connectivity index (χ0v) is 8.21. The predicted molar refractivity (Wildman–Crippen MR) is 44.6 cm³/mol. The summed E-state index contributed by atoms with van der Waals surface area (Å²) in [5, 5.41) is 2.55. The van der Waals surface area contributed by atoms with E-state index in [9.17, 15) is 4.57 Å². The summed E-state index contributed by atoms with van der Waals surface area (Å²) in [4.78, 5) is 0. The molecule has 6 heteroatoms. The minimum Gasteiger partial charge on any atom is -0.276 e. The van der Waals surface area contributed by atoms with E-state index in [0.29, 0.717) is 0 Å². The standard InChI is InChI=1S/C5H11NO3PS/c1-5(6-3-4-11-5)9-10(7)8-2/h6H,3-4H2,1-2H3/q+1. The Morgan fingerprint density at radius 3 is 2.91 bits per heavy atom. The Morgan fingerprint density at radius 1 is 1.73 bits per heavy atom. The van der Waals surface area contributed by atoms with Crippen molar-refractivity contribution in [2.45, 2.75) is 12.0 Å². The quantitative estimate of drug-likeness (QED) is 0.690. The van der Waals surface area contributed by atoms with Crippen molar-refractivity contribution in [3.63, 3.8) is 0 Å². The average molecular weight is 196 g/mol. The third kappa shape index (κ3) is 2.69. The van der Waals surface area contributed by atoms with Gasteiger partial charge in [-0.25, -0.2) is 0 Å². The maximum Gasteiger partial charge on any atom is 0.699 e. The first-order chi connectivity index (χ1) is 5.16. The number of hydrogen-bond donors (Lipinski definition) is 1. The lowest BCUT2D eigenvalue weighted by atomic mass is 10.6. The van der Waals surface area contributed by atoms with Crippen LogP contribution in [0.3, 0.4) is 0 Å².